The van der Waals surface area contributed by atoms with Crippen LogP contribution in [-0.4, -0.2) is 215 Å². The van der Waals surface area contributed by atoms with Crippen molar-refractivity contribution in [1.29, 1.82) is 0 Å². The molecule has 3 fully saturated rings. The van der Waals surface area contributed by atoms with Gasteiger partial charge in [-0.1, -0.05) is 340 Å². The Bertz CT molecular complexity index is 2290. The molecule has 0 aromatic heterocycles. The summed E-state index contributed by atoms with van der Waals surface area (Å²) in [6.45, 7) is 2.22. The summed E-state index contributed by atoms with van der Waals surface area (Å²) in [5.41, 5.74) is 0. The van der Waals surface area contributed by atoms with Gasteiger partial charge in [-0.05, 0) is 44.9 Å². The van der Waals surface area contributed by atoms with Crippen LogP contribution in [0.1, 0.15) is 380 Å². The minimum atomic E-state index is -3.08. The maximum absolute atomic E-state index is 13.6. The summed E-state index contributed by atoms with van der Waals surface area (Å²) in [5, 5.41) is 137. The minimum Gasteiger partial charge on any atom is -0.477 e. The predicted octanol–water partition coefficient (Wildman–Crippen LogP) is 14.3. The summed E-state index contributed by atoms with van der Waals surface area (Å²) >= 11 is 0. The number of aliphatic hydroxyl groups excluding tert-OH is 11. The van der Waals surface area contributed by atoms with E-state index in [0.29, 0.717) is 12.8 Å². The molecule has 652 valence electrons. The Morgan fingerprint density at radius 1 is 0.468 bits per heavy atom. The van der Waals surface area contributed by atoms with Crippen LogP contribution in [-0.2, 0) is 42.8 Å². The number of carbonyl (C=O) groups excluding carboxylic acids is 2. The molecule has 23 heteroatoms. The van der Waals surface area contributed by atoms with Crippen LogP contribution in [0.15, 0.2) is 24.3 Å². The van der Waals surface area contributed by atoms with Crippen LogP contribution < -0.4 is 10.6 Å². The molecule has 0 aliphatic carbocycles. The van der Waals surface area contributed by atoms with Gasteiger partial charge in [0.1, 0.15) is 67.1 Å². The fourth-order valence-corrected chi connectivity index (χ4v) is 15.8. The molecule has 0 spiro atoms. The van der Waals surface area contributed by atoms with Crippen LogP contribution in [0.5, 0.6) is 0 Å². The fraction of sp³-hybridized carbons (Fsp3) is 0.920. The number of carboxylic acid groups (broad SMARTS) is 1. The first-order valence-corrected chi connectivity index (χ1v) is 45.2. The second kappa shape index (κ2) is 66.2. The van der Waals surface area contributed by atoms with Crippen LogP contribution in [0.2, 0.25) is 0 Å². The SMILES string of the molecule is CCCCCCCCCCCCCC/C=C\CCCCCCCCCCCCCCCCCCC(=O)NC(COC1OC(CO)C(OC2OC(CO)C(O)C(OC3(C(=O)O)CC(O)C(NC(C)=O)C(C(O)C(O)CO)O3)C2O)C(O)C1O)C(O)/C=C/CCCCCCCCCCCCCCCCCCCCCCCCC. The molecule has 0 bridgehead atoms. The molecule has 3 heterocycles. The molecule has 0 aromatic rings. The Hall–Kier alpha value is -2.79. The van der Waals surface area contributed by atoms with Crippen molar-refractivity contribution >= 4 is 17.8 Å². The van der Waals surface area contributed by atoms with Crippen LogP contribution >= 0.6 is 0 Å². The summed E-state index contributed by atoms with van der Waals surface area (Å²) in [7, 11) is 0. The van der Waals surface area contributed by atoms with Crippen molar-refractivity contribution in [2.75, 3.05) is 26.4 Å². The lowest BCUT2D eigenvalue weighted by atomic mass is 9.88. The smallest absolute Gasteiger partial charge is 0.364 e. The number of aliphatic hydroxyl groups is 11. The lowest BCUT2D eigenvalue weighted by molar-refractivity contribution is -0.386. The Labute approximate surface area is 670 Å². The Morgan fingerprint density at radius 2 is 0.847 bits per heavy atom. The maximum Gasteiger partial charge on any atom is 0.364 e. The molecule has 0 saturated carbocycles. The average Bonchev–Trinajstić information content (AvgIpc) is 0.753. The summed E-state index contributed by atoms with van der Waals surface area (Å²) in [6, 6.07) is -2.62. The topological polar surface area (TPSA) is 373 Å². The number of carbonyl (C=O) groups is 3. The summed E-state index contributed by atoms with van der Waals surface area (Å²) < 4.78 is 35.0. The number of ether oxygens (including phenoxy) is 6. The highest BCUT2D eigenvalue weighted by Crippen LogP contribution is 2.39. The highest BCUT2D eigenvalue weighted by molar-refractivity contribution is 5.77. The number of allylic oxidation sites excluding steroid dienone is 3. The largest absolute Gasteiger partial charge is 0.477 e. The molecule has 3 aliphatic heterocycles. The first-order chi connectivity index (χ1) is 53.9. The first-order valence-electron chi connectivity index (χ1n) is 45.2. The van der Waals surface area contributed by atoms with Crippen molar-refractivity contribution in [2.24, 2.45) is 0 Å². The second-order valence-electron chi connectivity index (χ2n) is 32.8. The maximum atomic E-state index is 13.6. The van der Waals surface area contributed by atoms with E-state index in [1.54, 1.807) is 6.08 Å². The van der Waals surface area contributed by atoms with E-state index in [4.69, 9.17) is 28.4 Å². The number of nitrogens with one attached hydrogen (secondary N) is 2. The van der Waals surface area contributed by atoms with E-state index in [-0.39, 0.29) is 12.3 Å². The number of rotatable bonds is 73. The number of aliphatic carboxylic acids is 1. The van der Waals surface area contributed by atoms with Gasteiger partial charge < -0.3 is 100 Å². The number of amides is 2. The van der Waals surface area contributed by atoms with Gasteiger partial charge in [0.25, 0.3) is 5.79 Å². The molecule has 14 N–H and O–H groups in total. The van der Waals surface area contributed by atoms with Crippen LogP contribution in [0, 0.1) is 0 Å². The third-order valence-electron chi connectivity index (χ3n) is 22.9. The minimum absolute atomic E-state index is 0.203. The van der Waals surface area contributed by atoms with Gasteiger partial charge in [-0.3, -0.25) is 9.59 Å². The molecule has 3 aliphatic rings. The van der Waals surface area contributed by atoms with E-state index in [1.807, 2.05) is 6.08 Å². The normalized spacial score (nSPS) is 25.5. The highest BCUT2D eigenvalue weighted by Gasteiger charge is 2.60. The number of hydrogen-bond donors (Lipinski definition) is 14. The van der Waals surface area contributed by atoms with Crippen molar-refractivity contribution in [3.05, 3.63) is 24.3 Å². The average molecular weight is 1590 g/mol. The van der Waals surface area contributed by atoms with E-state index < -0.39 is 155 Å². The van der Waals surface area contributed by atoms with Crippen LogP contribution in [0.3, 0.4) is 0 Å². The number of hydrogen-bond acceptors (Lipinski definition) is 20. The zero-order valence-electron chi connectivity index (χ0n) is 69.6. The van der Waals surface area contributed by atoms with Crippen molar-refractivity contribution in [3.63, 3.8) is 0 Å². The Balaban J connectivity index is 1.46. The zero-order valence-corrected chi connectivity index (χ0v) is 69.6. The van der Waals surface area contributed by atoms with Gasteiger partial charge in [0.2, 0.25) is 11.8 Å². The van der Waals surface area contributed by atoms with E-state index in [9.17, 15) is 75.7 Å². The van der Waals surface area contributed by atoms with Gasteiger partial charge >= 0.3 is 5.97 Å². The Kier molecular flexibility index (Phi) is 61.0. The van der Waals surface area contributed by atoms with E-state index in [1.165, 1.54) is 289 Å². The molecule has 18 atom stereocenters. The molecule has 111 heavy (non-hydrogen) atoms. The summed E-state index contributed by atoms with van der Waals surface area (Å²) in [6.07, 6.45) is 48.0. The van der Waals surface area contributed by atoms with Gasteiger partial charge in [0.15, 0.2) is 12.6 Å². The standard InChI is InChI=1S/C88H164N2O21/c1-4-6-8-10-12-14-16-18-20-22-24-26-28-30-31-32-33-34-35-36-38-40-42-44-46-48-50-52-54-56-58-60-62-75(98)90-69(70(95)61-59-57-55-53-51-49-47-45-43-41-39-37-29-27-25-23-21-19-17-15-13-11-9-7-5-2)67-106-85-80(102)79(101)82(74(66-93)108-85)109-86-81(103)84(78(100)73(65-92)107-86)111-88(87(104)105)63-71(96)76(89-68(3)94)83(110-88)77(99)72(97)64-91/h30-31,59,61,69-74,76-86,91-93,95-97,99-103H,4-29,32-58,60,62-67H2,1-3H3,(H,89,94)(H,90,98)(H,104,105)/b31-30-,61-59+. The van der Waals surface area contributed by atoms with E-state index in [0.717, 1.165) is 51.9 Å². The molecule has 23 nitrogen and oxygen atoms in total. The van der Waals surface area contributed by atoms with Gasteiger partial charge in [-0.2, -0.15) is 0 Å². The summed E-state index contributed by atoms with van der Waals surface area (Å²) in [4.78, 5) is 38.8. The quantitative estimate of drug-likeness (QED) is 0.0199. The van der Waals surface area contributed by atoms with Crippen LogP contribution in [0.4, 0.5) is 0 Å². The number of carboxylic acids is 1. The van der Waals surface area contributed by atoms with Crippen molar-refractivity contribution in [3.8, 4) is 0 Å². The fourth-order valence-electron chi connectivity index (χ4n) is 15.8. The summed E-state index contributed by atoms with van der Waals surface area (Å²) in [5.74, 6) is -6.13. The van der Waals surface area contributed by atoms with E-state index in [2.05, 4.69) is 36.6 Å². The van der Waals surface area contributed by atoms with Gasteiger partial charge in [0.05, 0.1) is 50.7 Å². The third-order valence-corrected chi connectivity index (χ3v) is 22.9. The third kappa shape index (κ3) is 45.1. The lowest BCUT2D eigenvalue weighted by Crippen LogP contribution is -2.70. The second-order valence-corrected chi connectivity index (χ2v) is 32.8. The van der Waals surface area contributed by atoms with Crippen molar-refractivity contribution < 1.29 is 104 Å². The Morgan fingerprint density at radius 3 is 1.23 bits per heavy atom. The van der Waals surface area contributed by atoms with Gasteiger partial charge in [-0.25, -0.2) is 4.79 Å². The first kappa shape index (κ1) is 102. The molecule has 0 aromatic carbocycles. The van der Waals surface area contributed by atoms with Gasteiger partial charge in [0, 0.05) is 19.8 Å². The molecule has 2 amide bonds. The monoisotopic (exact) mass is 1590 g/mol. The predicted molar refractivity (Wildman–Crippen MR) is 435 cm³/mol. The van der Waals surface area contributed by atoms with Crippen LogP contribution in [0.25, 0.3) is 0 Å². The molecule has 0 radical (unpaired) electrons. The lowest BCUT2D eigenvalue weighted by Gasteiger charge is -2.50. The van der Waals surface area contributed by atoms with Gasteiger partial charge in [-0.15, -0.1) is 0 Å². The highest BCUT2D eigenvalue weighted by atomic mass is 16.8. The van der Waals surface area contributed by atoms with Crippen molar-refractivity contribution in [1.82, 2.24) is 10.6 Å². The molecular formula is C88H164N2O21. The number of unbranched alkanes of at least 4 members (excludes halogenated alkanes) is 51. The molecular weight excluding hydrogens is 1420 g/mol. The zero-order chi connectivity index (χ0) is 81.0. The van der Waals surface area contributed by atoms with Crippen molar-refractivity contribution in [2.45, 2.75) is 490 Å². The molecule has 18 unspecified atom stereocenters. The molecule has 3 rings (SSSR count). The van der Waals surface area contributed by atoms with E-state index >= 15 is 0 Å². The molecule has 3 saturated heterocycles.